The first-order chi connectivity index (χ1) is 8.99. The Morgan fingerprint density at radius 2 is 1.95 bits per heavy atom. The van der Waals surface area contributed by atoms with E-state index < -0.39 is 15.8 Å². The third kappa shape index (κ3) is 3.16. The molecule has 0 saturated carbocycles. The van der Waals surface area contributed by atoms with E-state index in [-0.39, 0.29) is 22.9 Å². The third-order valence-electron chi connectivity index (χ3n) is 2.45. The largest absolute Gasteiger partial charge is 0.476 e. The van der Waals surface area contributed by atoms with Gasteiger partial charge in [-0.05, 0) is 12.1 Å². The summed E-state index contributed by atoms with van der Waals surface area (Å²) in [5.74, 6) is -1.36. The predicted molar refractivity (Wildman–Crippen MR) is 65.5 cm³/mol. The summed E-state index contributed by atoms with van der Waals surface area (Å²) < 4.78 is 25.1. The van der Waals surface area contributed by atoms with Crippen molar-refractivity contribution in [2.24, 2.45) is 0 Å². The highest BCUT2D eigenvalue weighted by Gasteiger charge is 2.15. The first-order valence-electron chi connectivity index (χ1n) is 5.40. The smallest absolute Gasteiger partial charge is 0.358 e. The minimum Gasteiger partial charge on any atom is -0.476 e. The Bertz CT molecular complexity index is 679. The molecule has 0 spiro atoms. The van der Waals surface area contributed by atoms with Gasteiger partial charge in [0.2, 0.25) is 0 Å². The zero-order valence-electron chi connectivity index (χ0n) is 9.80. The van der Waals surface area contributed by atoms with Gasteiger partial charge in [0.1, 0.15) is 0 Å². The maximum absolute atomic E-state index is 12.0. The van der Waals surface area contributed by atoms with Gasteiger partial charge < -0.3 is 5.11 Å². The van der Waals surface area contributed by atoms with E-state index >= 15 is 0 Å². The lowest BCUT2D eigenvalue weighted by Gasteiger charge is -2.03. The number of rotatable bonds is 5. The van der Waals surface area contributed by atoms with Gasteiger partial charge in [-0.3, -0.25) is 4.68 Å². The molecule has 0 fully saturated rings. The molecule has 0 aliphatic heterocycles. The molecule has 2 rings (SSSR count). The summed E-state index contributed by atoms with van der Waals surface area (Å²) >= 11 is 0. The number of nitrogens with zero attached hydrogens (tertiary/aromatic N) is 3. The van der Waals surface area contributed by atoms with E-state index in [1.807, 2.05) is 0 Å². The molecule has 0 atom stereocenters. The fraction of sp³-hybridized carbons (Fsp3) is 0.182. The molecular weight excluding hydrogens is 270 g/mol. The summed E-state index contributed by atoms with van der Waals surface area (Å²) in [6.45, 7) is 0.0531. The normalized spacial score (nSPS) is 11.4. The van der Waals surface area contributed by atoms with Crippen LogP contribution in [-0.2, 0) is 16.4 Å². The molecular formula is C11H11N3O4S. The van der Waals surface area contributed by atoms with Crippen LogP contribution in [0, 0.1) is 0 Å². The maximum Gasteiger partial charge on any atom is 0.358 e. The average Bonchev–Trinajstić information content (AvgIpc) is 2.87. The van der Waals surface area contributed by atoms with Crippen LogP contribution in [0.25, 0.3) is 0 Å². The van der Waals surface area contributed by atoms with Crippen LogP contribution in [-0.4, -0.2) is 40.2 Å². The van der Waals surface area contributed by atoms with E-state index in [9.17, 15) is 13.2 Å². The van der Waals surface area contributed by atoms with E-state index in [2.05, 4.69) is 10.3 Å². The van der Waals surface area contributed by atoms with Crippen molar-refractivity contribution in [3.8, 4) is 0 Å². The molecule has 0 aliphatic carbocycles. The minimum absolute atomic E-state index is 0.0531. The summed E-state index contributed by atoms with van der Waals surface area (Å²) in [4.78, 5) is 10.8. The number of hydrogen-bond donors (Lipinski definition) is 1. The number of carbonyl (C=O) groups is 1. The molecule has 1 heterocycles. The van der Waals surface area contributed by atoms with Crippen molar-refractivity contribution in [2.75, 3.05) is 5.75 Å². The number of hydrogen-bond acceptors (Lipinski definition) is 5. The average molecular weight is 281 g/mol. The molecule has 1 N–H and O–H groups in total. The topological polar surface area (TPSA) is 102 Å². The number of aromatic carboxylic acids is 1. The standard InChI is InChI=1S/C11H11N3O4S/c15-11(16)10-8-14(13-12-10)6-7-19(17,18)9-4-2-1-3-5-9/h1-5,8H,6-7H2,(H,15,16). The Balaban J connectivity index is 2.08. The second kappa shape index (κ2) is 5.19. The molecule has 1 aromatic heterocycles. The van der Waals surface area contributed by atoms with Crippen LogP contribution in [0.3, 0.4) is 0 Å². The Morgan fingerprint density at radius 1 is 1.26 bits per heavy atom. The number of carboxylic acid groups (broad SMARTS) is 1. The molecule has 0 saturated heterocycles. The van der Waals surface area contributed by atoms with Gasteiger partial charge in [0.25, 0.3) is 0 Å². The predicted octanol–water partition coefficient (Wildman–Crippen LogP) is 0.450. The Hall–Kier alpha value is -2.22. The zero-order chi connectivity index (χ0) is 13.9. The lowest BCUT2D eigenvalue weighted by atomic mass is 10.4. The molecule has 0 bridgehead atoms. The number of aryl methyl sites for hydroxylation is 1. The maximum atomic E-state index is 12.0. The van der Waals surface area contributed by atoms with E-state index in [1.54, 1.807) is 18.2 Å². The summed E-state index contributed by atoms with van der Waals surface area (Å²) in [7, 11) is -3.41. The van der Waals surface area contributed by atoms with Crippen molar-refractivity contribution in [1.29, 1.82) is 0 Å². The highest BCUT2D eigenvalue weighted by molar-refractivity contribution is 7.91. The molecule has 0 amide bonds. The highest BCUT2D eigenvalue weighted by atomic mass is 32.2. The van der Waals surface area contributed by atoms with E-state index in [0.29, 0.717) is 0 Å². The van der Waals surface area contributed by atoms with Gasteiger partial charge in [0.05, 0.1) is 23.4 Å². The molecule has 0 aliphatic rings. The van der Waals surface area contributed by atoms with Crippen molar-refractivity contribution < 1.29 is 18.3 Å². The van der Waals surface area contributed by atoms with Gasteiger partial charge in [0.15, 0.2) is 15.5 Å². The van der Waals surface area contributed by atoms with Crippen molar-refractivity contribution in [3.05, 3.63) is 42.2 Å². The number of benzene rings is 1. The Morgan fingerprint density at radius 3 is 2.53 bits per heavy atom. The van der Waals surface area contributed by atoms with Crippen LogP contribution in [0.4, 0.5) is 0 Å². The van der Waals surface area contributed by atoms with Crippen molar-refractivity contribution >= 4 is 15.8 Å². The summed E-state index contributed by atoms with van der Waals surface area (Å²) in [5, 5.41) is 15.6. The van der Waals surface area contributed by atoms with Gasteiger partial charge in [-0.2, -0.15) is 0 Å². The lowest BCUT2D eigenvalue weighted by molar-refractivity contribution is 0.0690. The summed E-state index contributed by atoms with van der Waals surface area (Å²) in [6, 6.07) is 8.05. The second-order valence-corrected chi connectivity index (χ2v) is 5.91. The van der Waals surface area contributed by atoms with Gasteiger partial charge in [-0.1, -0.05) is 23.4 Å². The first kappa shape index (κ1) is 13.2. The molecule has 19 heavy (non-hydrogen) atoms. The summed E-state index contributed by atoms with van der Waals surface area (Å²) in [6.07, 6.45) is 1.20. The number of aromatic nitrogens is 3. The van der Waals surface area contributed by atoms with Gasteiger partial charge in [-0.25, -0.2) is 13.2 Å². The molecule has 7 nitrogen and oxygen atoms in total. The van der Waals surface area contributed by atoms with Crippen molar-refractivity contribution in [1.82, 2.24) is 15.0 Å². The van der Waals surface area contributed by atoms with Gasteiger partial charge in [-0.15, -0.1) is 5.10 Å². The van der Waals surface area contributed by atoms with Crippen LogP contribution in [0.1, 0.15) is 10.5 Å². The lowest BCUT2D eigenvalue weighted by Crippen LogP contribution is -2.13. The highest BCUT2D eigenvalue weighted by Crippen LogP contribution is 2.10. The van der Waals surface area contributed by atoms with Gasteiger partial charge >= 0.3 is 5.97 Å². The third-order valence-corrected chi connectivity index (χ3v) is 4.16. The molecule has 100 valence electrons. The fourth-order valence-corrected chi connectivity index (χ4v) is 2.70. The van der Waals surface area contributed by atoms with Crippen LogP contribution < -0.4 is 0 Å². The number of sulfone groups is 1. The minimum atomic E-state index is -3.41. The molecule has 0 radical (unpaired) electrons. The van der Waals surface area contributed by atoms with Crippen molar-refractivity contribution in [3.63, 3.8) is 0 Å². The Kier molecular flexibility index (Phi) is 3.61. The quantitative estimate of drug-likeness (QED) is 0.853. The molecule has 0 unspecified atom stereocenters. The molecule has 1 aromatic carbocycles. The van der Waals surface area contributed by atoms with Crippen molar-refractivity contribution in [2.45, 2.75) is 11.4 Å². The fourth-order valence-electron chi connectivity index (χ4n) is 1.47. The van der Waals surface area contributed by atoms with Crippen LogP contribution in [0.5, 0.6) is 0 Å². The van der Waals surface area contributed by atoms with Crippen LogP contribution >= 0.6 is 0 Å². The summed E-state index contributed by atoms with van der Waals surface area (Å²) in [5.41, 5.74) is -0.211. The number of carboxylic acids is 1. The molecule has 2 aromatic rings. The molecule has 8 heteroatoms. The zero-order valence-corrected chi connectivity index (χ0v) is 10.6. The van der Waals surface area contributed by atoms with Crippen LogP contribution in [0.15, 0.2) is 41.4 Å². The Labute approximate surface area is 109 Å². The van der Waals surface area contributed by atoms with E-state index in [1.165, 1.54) is 23.0 Å². The second-order valence-electron chi connectivity index (χ2n) is 3.80. The van der Waals surface area contributed by atoms with Crippen LogP contribution in [0.2, 0.25) is 0 Å². The van der Waals surface area contributed by atoms with E-state index in [0.717, 1.165) is 0 Å². The first-order valence-corrected chi connectivity index (χ1v) is 7.05. The monoisotopic (exact) mass is 281 g/mol. The van der Waals surface area contributed by atoms with Gasteiger partial charge in [0, 0.05) is 0 Å². The van der Waals surface area contributed by atoms with E-state index in [4.69, 9.17) is 5.11 Å². The SMILES string of the molecule is O=C(O)c1cn(CCS(=O)(=O)c2ccccc2)nn1.